The Morgan fingerprint density at radius 2 is 1.76 bits per heavy atom. The number of amides is 1. The van der Waals surface area contributed by atoms with Gasteiger partial charge in [0.15, 0.2) is 0 Å². The van der Waals surface area contributed by atoms with E-state index in [2.05, 4.69) is 26.6 Å². The largest absolute Gasteiger partial charge is 0.481 e. The topological polar surface area (TPSA) is 123 Å². The summed E-state index contributed by atoms with van der Waals surface area (Å²) >= 11 is 7.22. The molecule has 3 aromatic heterocycles. The molecule has 0 unspecified atom stereocenters. The van der Waals surface area contributed by atoms with Gasteiger partial charge in [-0.15, -0.1) is 0 Å². The molecule has 2 fully saturated rings. The second kappa shape index (κ2) is 11.6. The first-order valence-corrected chi connectivity index (χ1v) is 16.8. The Morgan fingerprint density at radius 3 is 2.51 bits per heavy atom. The number of nitrogens with one attached hydrogen (secondary N) is 2. The lowest BCUT2D eigenvalue weighted by molar-refractivity contribution is -0.121. The molecule has 1 atom stereocenters. The van der Waals surface area contributed by atoms with Gasteiger partial charge in [-0.3, -0.25) is 23.6 Å². The molecule has 1 aliphatic carbocycles. The van der Waals surface area contributed by atoms with Gasteiger partial charge in [0.25, 0.3) is 5.56 Å². The Kier molecular flexibility index (Phi) is 7.38. The van der Waals surface area contributed by atoms with E-state index in [-0.39, 0.29) is 17.5 Å². The summed E-state index contributed by atoms with van der Waals surface area (Å²) in [5, 5.41) is 7.44. The van der Waals surface area contributed by atoms with Crippen molar-refractivity contribution in [3.8, 4) is 28.3 Å². The number of hydrogen-bond acceptors (Lipinski definition) is 8. The second-order valence-electron chi connectivity index (χ2n) is 13.4. The minimum atomic E-state index is -0.419. The first-order chi connectivity index (χ1) is 23.6. The third kappa shape index (κ3) is 4.94. The van der Waals surface area contributed by atoms with E-state index in [0.29, 0.717) is 34.0 Å². The number of aromatic nitrogens is 4. The van der Waals surface area contributed by atoms with Crippen LogP contribution in [0.4, 0.5) is 11.5 Å². The Morgan fingerprint density at radius 1 is 1.00 bits per heavy atom. The van der Waals surface area contributed by atoms with Crippen LogP contribution in [-0.2, 0) is 25.3 Å². The molecule has 0 radical (unpaired) electrons. The molecule has 5 heterocycles. The standard InChI is InChI=1S/C37H36ClN7O4/c1-20-22(7-6-10-25(20)40-33-31-27(14-16-39-33)43(2)36(48)44(3)35(31)47)23-8-5-9-24(32(23)38)26-17-21-11-12-28(30(21)34(41-26)49-4)45-18-37(19-45)15-13-29(46)42-37/h5-10,14,16-17,28H,11-13,15,18-19H2,1-4H3,(H,39,40)(H,42,46)/t28-/m0/s1. The average molecular weight is 678 g/mol. The fourth-order valence-electron chi connectivity index (χ4n) is 7.95. The molecule has 2 saturated heterocycles. The Bertz CT molecular complexity index is 2330. The van der Waals surface area contributed by atoms with Crippen molar-refractivity contribution in [1.82, 2.24) is 29.3 Å². The third-order valence-corrected chi connectivity index (χ3v) is 11.0. The zero-order chi connectivity index (χ0) is 34.2. The van der Waals surface area contributed by atoms with Crippen LogP contribution in [0.3, 0.4) is 0 Å². The molecule has 3 aliphatic rings. The molecule has 49 heavy (non-hydrogen) atoms. The minimum absolute atomic E-state index is 0.0817. The molecule has 1 spiro atoms. The minimum Gasteiger partial charge on any atom is -0.481 e. The van der Waals surface area contributed by atoms with Crippen LogP contribution in [0, 0.1) is 6.92 Å². The van der Waals surface area contributed by atoms with E-state index < -0.39 is 11.2 Å². The van der Waals surface area contributed by atoms with Crippen LogP contribution < -0.4 is 26.6 Å². The molecule has 2 N–H and O–H groups in total. The van der Waals surface area contributed by atoms with E-state index in [0.717, 1.165) is 76.1 Å². The maximum Gasteiger partial charge on any atom is 0.330 e. The van der Waals surface area contributed by atoms with Crippen molar-refractivity contribution < 1.29 is 9.53 Å². The van der Waals surface area contributed by atoms with Crippen molar-refractivity contribution in [1.29, 1.82) is 0 Å². The normalized spacial score (nSPS) is 18.1. The second-order valence-corrected chi connectivity index (χ2v) is 13.8. The number of fused-ring (bicyclic) bond motifs is 2. The highest BCUT2D eigenvalue weighted by Gasteiger charge is 2.51. The number of aryl methyl sites for hydroxylation is 2. The van der Waals surface area contributed by atoms with Crippen molar-refractivity contribution in [2.45, 2.75) is 44.2 Å². The zero-order valence-corrected chi connectivity index (χ0v) is 28.5. The van der Waals surface area contributed by atoms with E-state index in [4.69, 9.17) is 21.3 Å². The van der Waals surface area contributed by atoms with Gasteiger partial charge in [-0.05, 0) is 61.1 Å². The molecule has 11 nitrogen and oxygen atoms in total. The average Bonchev–Trinajstić information content (AvgIpc) is 3.70. The highest BCUT2D eigenvalue weighted by molar-refractivity contribution is 6.36. The summed E-state index contributed by atoms with van der Waals surface area (Å²) in [4.78, 5) is 49.5. The number of likely N-dealkylation sites (tertiary alicyclic amines) is 1. The summed E-state index contributed by atoms with van der Waals surface area (Å²) in [7, 11) is 4.76. The molecule has 250 valence electrons. The molecule has 5 aromatic rings. The monoisotopic (exact) mass is 677 g/mol. The number of carbonyl (C=O) groups is 1. The van der Waals surface area contributed by atoms with E-state index in [1.165, 1.54) is 17.2 Å². The van der Waals surface area contributed by atoms with Gasteiger partial charge in [0.1, 0.15) is 11.2 Å². The number of halogens is 1. The van der Waals surface area contributed by atoms with Crippen LogP contribution in [-0.4, -0.2) is 55.6 Å². The highest BCUT2D eigenvalue weighted by Crippen LogP contribution is 2.47. The Labute approximate surface area is 287 Å². The Balaban J connectivity index is 1.13. The third-order valence-electron chi connectivity index (χ3n) is 10.5. The summed E-state index contributed by atoms with van der Waals surface area (Å²) in [5.74, 6) is 1.13. The van der Waals surface area contributed by atoms with Gasteiger partial charge < -0.3 is 15.4 Å². The van der Waals surface area contributed by atoms with E-state index in [9.17, 15) is 14.4 Å². The summed E-state index contributed by atoms with van der Waals surface area (Å²) in [5.41, 5.74) is 6.90. The van der Waals surface area contributed by atoms with Gasteiger partial charge in [0.05, 0.1) is 28.9 Å². The van der Waals surface area contributed by atoms with Gasteiger partial charge in [0, 0.05) is 68.2 Å². The fraction of sp³-hybridized carbons (Fsp3) is 0.324. The predicted octanol–water partition coefficient (Wildman–Crippen LogP) is 5.03. The van der Waals surface area contributed by atoms with Crippen LogP contribution in [0.2, 0.25) is 5.02 Å². The molecule has 0 saturated carbocycles. The number of pyridine rings is 2. The van der Waals surface area contributed by atoms with Crippen LogP contribution >= 0.6 is 11.6 Å². The SMILES string of the molecule is COc1nc(-c2cccc(-c3cccc(Nc4nccc5c4c(=O)n(C)c(=O)n5C)c3C)c2Cl)cc2c1[C@@H](N1CC3(CCC(=O)N3)C1)CC2. The van der Waals surface area contributed by atoms with Crippen LogP contribution in [0.15, 0.2) is 64.3 Å². The quantitative estimate of drug-likeness (QED) is 0.257. The van der Waals surface area contributed by atoms with Crippen molar-refractivity contribution in [2.24, 2.45) is 14.1 Å². The first-order valence-electron chi connectivity index (χ1n) is 16.4. The lowest BCUT2D eigenvalue weighted by Gasteiger charge is -2.50. The molecule has 2 aliphatic heterocycles. The highest BCUT2D eigenvalue weighted by atomic mass is 35.5. The van der Waals surface area contributed by atoms with Gasteiger partial charge in [-0.25, -0.2) is 14.8 Å². The predicted molar refractivity (Wildman–Crippen MR) is 190 cm³/mol. The molecule has 2 aromatic carbocycles. The van der Waals surface area contributed by atoms with Crippen LogP contribution in [0.1, 0.15) is 42.0 Å². The zero-order valence-electron chi connectivity index (χ0n) is 27.8. The smallest absolute Gasteiger partial charge is 0.330 e. The number of carbonyl (C=O) groups excluding carboxylic acids is 1. The number of rotatable bonds is 6. The number of hydrogen-bond donors (Lipinski definition) is 2. The molecule has 8 rings (SSSR count). The van der Waals surface area contributed by atoms with Gasteiger partial charge in [-0.1, -0.05) is 41.9 Å². The van der Waals surface area contributed by atoms with Gasteiger partial charge in [0.2, 0.25) is 11.8 Å². The van der Waals surface area contributed by atoms with Crippen molar-refractivity contribution in [3.63, 3.8) is 0 Å². The van der Waals surface area contributed by atoms with Crippen LogP contribution in [0.25, 0.3) is 33.3 Å². The van der Waals surface area contributed by atoms with Crippen LogP contribution in [0.5, 0.6) is 5.88 Å². The Hall–Kier alpha value is -5.00. The van der Waals surface area contributed by atoms with Gasteiger partial charge >= 0.3 is 5.69 Å². The number of ether oxygens (including phenoxy) is 1. The molecule has 0 bridgehead atoms. The summed E-state index contributed by atoms with van der Waals surface area (Å²) in [6.07, 6.45) is 4.96. The molecular weight excluding hydrogens is 642 g/mol. The maximum absolute atomic E-state index is 13.2. The van der Waals surface area contributed by atoms with E-state index in [1.807, 2.05) is 43.3 Å². The number of anilines is 2. The van der Waals surface area contributed by atoms with E-state index in [1.54, 1.807) is 26.4 Å². The lowest BCUT2D eigenvalue weighted by atomic mass is 9.86. The molecule has 1 amide bonds. The number of methoxy groups -OCH3 is 1. The van der Waals surface area contributed by atoms with Crippen molar-refractivity contribution in [3.05, 3.63) is 97.3 Å². The first kappa shape index (κ1) is 31.3. The fourth-order valence-corrected chi connectivity index (χ4v) is 8.28. The molecular formula is C37H36ClN7O4. The number of nitrogens with zero attached hydrogens (tertiary/aromatic N) is 5. The van der Waals surface area contributed by atoms with Crippen molar-refractivity contribution in [2.75, 3.05) is 25.5 Å². The van der Waals surface area contributed by atoms with Gasteiger partial charge in [-0.2, -0.15) is 0 Å². The summed E-state index contributed by atoms with van der Waals surface area (Å²) in [6.45, 7) is 3.69. The number of benzene rings is 2. The summed E-state index contributed by atoms with van der Waals surface area (Å²) in [6, 6.07) is 15.8. The lowest BCUT2D eigenvalue weighted by Crippen LogP contribution is -2.67. The summed E-state index contributed by atoms with van der Waals surface area (Å²) < 4.78 is 8.43. The molecule has 12 heteroatoms. The maximum atomic E-state index is 13.2. The van der Waals surface area contributed by atoms with Crippen molar-refractivity contribution >= 4 is 39.9 Å². The van der Waals surface area contributed by atoms with E-state index >= 15 is 0 Å².